The van der Waals surface area contributed by atoms with Gasteiger partial charge < -0.3 is 20.5 Å². The summed E-state index contributed by atoms with van der Waals surface area (Å²) in [6.07, 6.45) is 0.694. The molecule has 0 saturated carbocycles. The first-order valence-electron chi connectivity index (χ1n) is 6.25. The highest BCUT2D eigenvalue weighted by molar-refractivity contribution is 5.79. The van der Waals surface area contributed by atoms with Gasteiger partial charge in [0.05, 0.1) is 19.9 Å². The molecule has 1 aromatic carbocycles. The molecular weight excluding hydrogens is 244 g/mol. The number of benzene rings is 1. The molecule has 1 atom stereocenters. The van der Waals surface area contributed by atoms with Gasteiger partial charge in [-0.1, -0.05) is 13.8 Å². The maximum absolute atomic E-state index is 11.7. The predicted octanol–water partition coefficient (Wildman–Crippen LogP) is 2.28. The van der Waals surface area contributed by atoms with Crippen molar-refractivity contribution in [3.05, 3.63) is 18.2 Å². The van der Waals surface area contributed by atoms with Crippen LogP contribution in [0.3, 0.4) is 0 Å². The number of esters is 1. The van der Waals surface area contributed by atoms with Gasteiger partial charge in [-0.25, -0.2) is 4.79 Å². The van der Waals surface area contributed by atoms with Crippen LogP contribution < -0.4 is 15.8 Å². The van der Waals surface area contributed by atoms with Crippen LogP contribution in [0, 0.1) is 5.92 Å². The number of nitrogen functional groups attached to an aromatic ring is 1. The van der Waals surface area contributed by atoms with Gasteiger partial charge in [0, 0.05) is 11.8 Å². The summed E-state index contributed by atoms with van der Waals surface area (Å²) in [5.74, 6) is 0.690. The average Bonchev–Trinajstić information content (AvgIpc) is 2.38. The maximum Gasteiger partial charge on any atom is 0.328 e. The van der Waals surface area contributed by atoms with Gasteiger partial charge in [-0.2, -0.15) is 0 Å². The second-order valence-electron chi connectivity index (χ2n) is 4.81. The Morgan fingerprint density at radius 3 is 2.58 bits per heavy atom. The summed E-state index contributed by atoms with van der Waals surface area (Å²) < 4.78 is 9.96. The zero-order valence-corrected chi connectivity index (χ0v) is 11.9. The van der Waals surface area contributed by atoms with Gasteiger partial charge in [0.1, 0.15) is 11.8 Å². The number of nitrogens with one attached hydrogen (secondary N) is 1. The van der Waals surface area contributed by atoms with Crippen molar-refractivity contribution in [3.63, 3.8) is 0 Å². The molecule has 0 bridgehead atoms. The molecule has 0 aromatic heterocycles. The summed E-state index contributed by atoms with van der Waals surface area (Å²) in [5.41, 5.74) is 7.09. The number of anilines is 2. The molecule has 0 aliphatic rings. The molecule has 5 nitrogen and oxygen atoms in total. The van der Waals surface area contributed by atoms with Crippen LogP contribution in [0.1, 0.15) is 20.3 Å². The van der Waals surface area contributed by atoms with Crippen LogP contribution in [0.15, 0.2) is 18.2 Å². The Labute approximate surface area is 114 Å². The van der Waals surface area contributed by atoms with Gasteiger partial charge in [-0.15, -0.1) is 0 Å². The van der Waals surface area contributed by atoms with Gasteiger partial charge in [0.15, 0.2) is 0 Å². The van der Waals surface area contributed by atoms with Gasteiger partial charge in [0.2, 0.25) is 0 Å². The van der Waals surface area contributed by atoms with E-state index < -0.39 is 0 Å². The van der Waals surface area contributed by atoms with E-state index >= 15 is 0 Å². The molecule has 0 fully saturated rings. The van der Waals surface area contributed by atoms with Crippen molar-refractivity contribution >= 4 is 17.3 Å². The second kappa shape index (κ2) is 6.87. The molecule has 1 rings (SSSR count). The Bertz CT molecular complexity index is 433. The molecule has 0 aliphatic carbocycles. The third kappa shape index (κ3) is 4.35. The fourth-order valence-corrected chi connectivity index (χ4v) is 1.83. The summed E-state index contributed by atoms with van der Waals surface area (Å²) >= 11 is 0. The van der Waals surface area contributed by atoms with Crippen molar-refractivity contribution in [2.24, 2.45) is 5.92 Å². The van der Waals surface area contributed by atoms with Crippen molar-refractivity contribution in [1.29, 1.82) is 0 Å². The van der Waals surface area contributed by atoms with E-state index in [1.807, 2.05) is 6.07 Å². The number of nitrogens with two attached hydrogens (primary N) is 1. The smallest absolute Gasteiger partial charge is 0.328 e. The number of hydrogen-bond acceptors (Lipinski definition) is 5. The number of rotatable bonds is 6. The lowest BCUT2D eigenvalue weighted by Crippen LogP contribution is -2.32. The summed E-state index contributed by atoms with van der Waals surface area (Å²) in [5, 5.41) is 3.15. The normalized spacial score (nSPS) is 12.1. The minimum absolute atomic E-state index is 0.274. The molecular formula is C14H22N2O3. The van der Waals surface area contributed by atoms with Crippen molar-refractivity contribution in [1.82, 2.24) is 0 Å². The van der Waals surface area contributed by atoms with Crippen LogP contribution in [0.5, 0.6) is 5.75 Å². The Hall–Kier alpha value is -1.91. The molecule has 0 radical (unpaired) electrons. The van der Waals surface area contributed by atoms with E-state index in [9.17, 15) is 4.79 Å². The fraction of sp³-hybridized carbons (Fsp3) is 0.500. The zero-order chi connectivity index (χ0) is 14.4. The highest BCUT2D eigenvalue weighted by Gasteiger charge is 2.20. The third-order valence-electron chi connectivity index (χ3n) is 2.77. The van der Waals surface area contributed by atoms with Gasteiger partial charge >= 0.3 is 5.97 Å². The van der Waals surface area contributed by atoms with Crippen LogP contribution >= 0.6 is 0 Å². The van der Waals surface area contributed by atoms with Crippen LogP contribution in [0.4, 0.5) is 11.4 Å². The summed E-state index contributed by atoms with van der Waals surface area (Å²) in [4.78, 5) is 11.7. The molecule has 106 valence electrons. The molecule has 0 saturated heterocycles. The number of carbonyl (C=O) groups excluding carboxylic acids is 1. The lowest BCUT2D eigenvalue weighted by Gasteiger charge is -2.20. The largest absolute Gasteiger partial charge is 0.495 e. The zero-order valence-electron chi connectivity index (χ0n) is 11.9. The standard InChI is InChI=1S/C14H22N2O3/c1-9(2)7-12(14(17)19-4)16-10-5-6-11(15)13(8-10)18-3/h5-6,8-9,12,16H,7,15H2,1-4H3. The van der Waals surface area contributed by atoms with E-state index in [0.29, 0.717) is 23.8 Å². The van der Waals surface area contributed by atoms with Gasteiger partial charge in [0.25, 0.3) is 0 Å². The first-order valence-corrected chi connectivity index (χ1v) is 6.25. The monoisotopic (exact) mass is 266 g/mol. The highest BCUT2D eigenvalue weighted by atomic mass is 16.5. The lowest BCUT2D eigenvalue weighted by molar-refractivity contribution is -0.141. The van der Waals surface area contributed by atoms with E-state index in [1.54, 1.807) is 19.2 Å². The van der Waals surface area contributed by atoms with E-state index in [2.05, 4.69) is 19.2 Å². The van der Waals surface area contributed by atoms with E-state index in [0.717, 1.165) is 5.69 Å². The van der Waals surface area contributed by atoms with Crippen molar-refractivity contribution in [3.8, 4) is 5.75 Å². The lowest BCUT2D eigenvalue weighted by atomic mass is 10.0. The minimum atomic E-state index is -0.377. The van der Waals surface area contributed by atoms with Crippen LogP contribution in [-0.4, -0.2) is 26.2 Å². The Kier molecular flexibility index (Phi) is 5.48. The van der Waals surface area contributed by atoms with Crippen LogP contribution in [-0.2, 0) is 9.53 Å². The quantitative estimate of drug-likeness (QED) is 0.610. The average molecular weight is 266 g/mol. The SMILES string of the molecule is COC(=O)C(CC(C)C)Nc1ccc(N)c(OC)c1. The van der Waals surface area contributed by atoms with E-state index in [1.165, 1.54) is 7.11 Å². The number of hydrogen-bond donors (Lipinski definition) is 2. The molecule has 1 unspecified atom stereocenters. The fourth-order valence-electron chi connectivity index (χ4n) is 1.83. The minimum Gasteiger partial charge on any atom is -0.495 e. The molecule has 0 amide bonds. The summed E-state index contributed by atoms with van der Waals surface area (Å²) in [7, 11) is 2.95. The first-order chi connectivity index (χ1) is 8.97. The van der Waals surface area contributed by atoms with E-state index in [-0.39, 0.29) is 12.0 Å². The van der Waals surface area contributed by atoms with Crippen molar-refractivity contribution in [2.75, 3.05) is 25.3 Å². The number of methoxy groups -OCH3 is 2. The number of carbonyl (C=O) groups is 1. The topological polar surface area (TPSA) is 73.6 Å². The number of ether oxygens (including phenoxy) is 2. The molecule has 0 heterocycles. The molecule has 0 spiro atoms. The third-order valence-corrected chi connectivity index (χ3v) is 2.77. The molecule has 5 heteroatoms. The summed E-state index contributed by atoms with van der Waals surface area (Å²) in [6.45, 7) is 4.11. The van der Waals surface area contributed by atoms with Crippen molar-refractivity contribution < 1.29 is 14.3 Å². The Morgan fingerprint density at radius 2 is 2.05 bits per heavy atom. The second-order valence-corrected chi connectivity index (χ2v) is 4.81. The van der Waals surface area contributed by atoms with Gasteiger partial charge in [-0.05, 0) is 24.5 Å². The van der Waals surface area contributed by atoms with Gasteiger partial charge in [-0.3, -0.25) is 0 Å². The predicted molar refractivity (Wildman–Crippen MR) is 76.3 cm³/mol. The maximum atomic E-state index is 11.7. The molecule has 19 heavy (non-hydrogen) atoms. The van der Waals surface area contributed by atoms with E-state index in [4.69, 9.17) is 15.2 Å². The molecule has 1 aromatic rings. The Morgan fingerprint density at radius 1 is 1.37 bits per heavy atom. The molecule has 0 aliphatic heterocycles. The first kappa shape index (κ1) is 15.1. The van der Waals surface area contributed by atoms with Crippen molar-refractivity contribution in [2.45, 2.75) is 26.3 Å². The van der Waals surface area contributed by atoms with Crippen LogP contribution in [0.25, 0.3) is 0 Å². The highest BCUT2D eigenvalue weighted by Crippen LogP contribution is 2.26. The summed E-state index contributed by atoms with van der Waals surface area (Å²) in [6, 6.07) is 4.95. The Balaban J connectivity index is 2.86. The molecule has 3 N–H and O–H groups in total. The van der Waals surface area contributed by atoms with Crippen LogP contribution in [0.2, 0.25) is 0 Å².